The summed E-state index contributed by atoms with van der Waals surface area (Å²) in [6.07, 6.45) is 2.93. The summed E-state index contributed by atoms with van der Waals surface area (Å²) in [6.45, 7) is 3.82. The Balaban J connectivity index is 2.78. The number of aromatic nitrogens is 2. The molecule has 1 aromatic heterocycles. The summed E-state index contributed by atoms with van der Waals surface area (Å²) in [5.41, 5.74) is 0.524. The number of halogens is 1. The summed E-state index contributed by atoms with van der Waals surface area (Å²) in [5, 5.41) is 0.277. The summed E-state index contributed by atoms with van der Waals surface area (Å²) in [5.74, 6) is -0.745. The standard InChI is InChI=1S/C9H11ClN2O2/c1-3-14-9(13)6(2)7-4-11-5-8(10)12-7/h4-6H,3H2,1-2H3. The Morgan fingerprint density at radius 3 is 2.93 bits per heavy atom. The van der Waals surface area contributed by atoms with Gasteiger partial charge in [-0.05, 0) is 13.8 Å². The first-order chi connectivity index (χ1) is 6.65. The van der Waals surface area contributed by atoms with Crippen molar-refractivity contribution in [1.29, 1.82) is 0 Å². The molecule has 0 amide bonds. The van der Waals surface area contributed by atoms with E-state index in [1.54, 1.807) is 13.8 Å². The van der Waals surface area contributed by atoms with Crippen LogP contribution < -0.4 is 0 Å². The molecule has 1 heterocycles. The number of hydrogen-bond donors (Lipinski definition) is 0. The molecule has 5 heteroatoms. The molecule has 0 saturated carbocycles. The summed E-state index contributed by atoms with van der Waals surface area (Å²) in [6, 6.07) is 0. The first kappa shape index (κ1) is 10.9. The van der Waals surface area contributed by atoms with Gasteiger partial charge in [0.2, 0.25) is 0 Å². The van der Waals surface area contributed by atoms with Crippen molar-refractivity contribution >= 4 is 17.6 Å². The minimum atomic E-state index is -0.429. The maximum atomic E-state index is 11.3. The Hall–Kier alpha value is -1.16. The number of ether oxygens (including phenoxy) is 1. The highest BCUT2D eigenvalue weighted by Gasteiger charge is 2.18. The largest absolute Gasteiger partial charge is 0.465 e. The van der Waals surface area contributed by atoms with E-state index in [1.807, 2.05) is 0 Å². The van der Waals surface area contributed by atoms with Gasteiger partial charge in [-0.15, -0.1) is 0 Å². The zero-order chi connectivity index (χ0) is 10.6. The second kappa shape index (κ2) is 4.91. The van der Waals surface area contributed by atoms with Gasteiger partial charge in [-0.2, -0.15) is 0 Å². The predicted molar refractivity (Wildman–Crippen MR) is 52.1 cm³/mol. The van der Waals surface area contributed by atoms with Gasteiger partial charge in [-0.1, -0.05) is 11.6 Å². The van der Waals surface area contributed by atoms with Crippen molar-refractivity contribution in [2.24, 2.45) is 0 Å². The van der Waals surface area contributed by atoms with Crippen LogP contribution >= 0.6 is 11.6 Å². The molecule has 1 unspecified atom stereocenters. The van der Waals surface area contributed by atoms with E-state index in [2.05, 4.69) is 9.97 Å². The maximum Gasteiger partial charge on any atom is 0.314 e. The molecule has 0 aliphatic heterocycles. The molecule has 1 aromatic rings. The van der Waals surface area contributed by atoms with Crippen molar-refractivity contribution in [2.45, 2.75) is 19.8 Å². The fraction of sp³-hybridized carbons (Fsp3) is 0.444. The molecule has 0 saturated heterocycles. The van der Waals surface area contributed by atoms with Gasteiger partial charge < -0.3 is 4.74 Å². The highest BCUT2D eigenvalue weighted by atomic mass is 35.5. The summed E-state index contributed by atoms with van der Waals surface area (Å²) < 4.78 is 4.85. The van der Waals surface area contributed by atoms with E-state index in [0.717, 1.165) is 0 Å². The van der Waals surface area contributed by atoms with Crippen LogP contribution in [-0.2, 0) is 9.53 Å². The molecular formula is C9H11ClN2O2. The van der Waals surface area contributed by atoms with Crippen LogP contribution in [0.4, 0.5) is 0 Å². The maximum absolute atomic E-state index is 11.3. The van der Waals surface area contributed by atoms with Crippen molar-refractivity contribution in [1.82, 2.24) is 9.97 Å². The van der Waals surface area contributed by atoms with Crippen LogP contribution in [0.1, 0.15) is 25.5 Å². The van der Waals surface area contributed by atoms with Gasteiger partial charge in [-0.3, -0.25) is 9.78 Å². The van der Waals surface area contributed by atoms with Gasteiger partial charge in [0.1, 0.15) is 5.15 Å². The average Bonchev–Trinajstić information content (AvgIpc) is 2.17. The van der Waals surface area contributed by atoms with Crippen LogP contribution in [0.5, 0.6) is 0 Å². The third kappa shape index (κ3) is 2.67. The lowest BCUT2D eigenvalue weighted by molar-refractivity contribution is -0.144. The van der Waals surface area contributed by atoms with Gasteiger partial charge >= 0.3 is 5.97 Å². The first-order valence-corrected chi connectivity index (χ1v) is 4.67. The lowest BCUT2D eigenvalue weighted by Gasteiger charge is -2.08. The van der Waals surface area contributed by atoms with E-state index in [-0.39, 0.29) is 11.1 Å². The average molecular weight is 215 g/mol. The minimum absolute atomic E-state index is 0.277. The number of esters is 1. The predicted octanol–water partition coefficient (Wildman–Crippen LogP) is 1.80. The number of nitrogens with zero attached hydrogens (tertiary/aromatic N) is 2. The van der Waals surface area contributed by atoms with Crippen molar-refractivity contribution in [3.63, 3.8) is 0 Å². The van der Waals surface area contributed by atoms with Crippen LogP contribution in [0, 0.1) is 0 Å². The van der Waals surface area contributed by atoms with Crippen molar-refractivity contribution in [3.05, 3.63) is 23.2 Å². The van der Waals surface area contributed by atoms with Gasteiger partial charge in [0.15, 0.2) is 0 Å². The van der Waals surface area contributed by atoms with E-state index in [9.17, 15) is 4.79 Å². The Labute approximate surface area is 87.3 Å². The van der Waals surface area contributed by atoms with Crippen LogP contribution in [0.2, 0.25) is 5.15 Å². The van der Waals surface area contributed by atoms with Crippen LogP contribution in [0.15, 0.2) is 12.4 Å². The van der Waals surface area contributed by atoms with Crippen LogP contribution in [0.25, 0.3) is 0 Å². The fourth-order valence-electron chi connectivity index (χ4n) is 0.953. The van der Waals surface area contributed by atoms with Crippen molar-refractivity contribution < 1.29 is 9.53 Å². The number of carbonyl (C=O) groups is 1. The van der Waals surface area contributed by atoms with E-state index < -0.39 is 5.92 Å². The normalized spacial score (nSPS) is 12.2. The molecule has 0 aliphatic carbocycles. The molecule has 0 spiro atoms. The second-order valence-electron chi connectivity index (χ2n) is 2.74. The number of hydrogen-bond acceptors (Lipinski definition) is 4. The topological polar surface area (TPSA) is 52.1 Å². The Morgan fingerprint density at radius 1 is 1.64 bits per heavy atom. The van der Waals surface area contributed by atoms with Crippen molar-refractivity contribution in [3.8, 4) is 0 Å². The molecule has 4 nitrogen and oxygen atoms in total. The molecule has 0 N–H and O–H groups in total. The number of rotatable bonds is 3. The van der Waals surface area contributed by atoms with Crippen LogP contribution in [0.3, 0.4) is 0 Å². The molecule has 0 fully saturated rings. The SMILES string of the molecule is CCOC(=O)C(C)c1cncc(Cl)n1. The monoisotopic (exact) mass is 214 g/mol. The molecule has 14 heavy (non-hydrogen) atoms. The molecular weight excluding hydrogens is 204 g/mol. The van der Waals surface area contributed by atoms with Gasteiger partial charge in [0, 0.05) is 6.20 Å². The molecule has 0 aliphatic rings. The quantitative estimate of drug-likeness (QED) is 0.720. The molecule has 0 radical (unpaired) electrons. The van der Waals surface area contributed by atoms with Crippen LogP contribution in [-0.4, -0.2) is 22.5 Å². The molecule has 0 bridgehead atoms. The van der Waals surface area contributed by atoms with E-state index in [4.69, 9.17) is 16.3 Å². The summed E-state index contributed by atoms with van der Waals surface area (Å²) in [4.78, 5) is 19.1. The van der Waals surface area contributed by atoms with E-state index in [1.165, 1.54) is 12.4 Å². The fourth-order valence-corrected chi connectivity index (χ4v) is 1.11. The highest BCUT2D eigenvalue weighted by molar-refractivity contribution is 6.29. The Morgan fingerprint density at radius 2 is 2.36 bits per heavy atom. The zero-order valence-electron chi connectivity index (χ0n) is 8.03. The highest BCUT2D eigenvalue weighted by Crippen LogP contribution is 2.15. The molecule has 1 rings (SSSR count). The van der Waals surface area contributed by atoms with Gasteiger partial charge in [0.25, 0.3) is 0 Å². The smallest absolute Gasteiger partial charge is 0.314 e. The molecule has 0 aromatic carbocycles. The van der Waals surface area contributed by atoms with Gasteiger partial charge in [0.05, 0.1) is 24.4 Å². The Bertz CT molecular complexity index is 330. The summed E-state index contributed by atoms with van der Waals surface area (Å²) >= 11 is 5.64. The summed E-state index contributed by atoms with van der Waals surface area (Å²) in [7, 11) is 0. The Kier molecular flexibility index (Phi) is 3.83. The van der Waals surface area contributed by atoms with Crippen molar-refractivity contribution in [2.75, 3.05) is 6.61 Å². The minimum Gasteiger partial charge on any atom is -0.465 e. The lowest BCUT2D eigenvalue weighted by atomic mass is 10.1. The van der Waals surface area contributed by atoms with Gasteiger partial charge in [-0.25, -0.2) is 4.98 Å². The second-order valence-corrected chi connectivity index (χ2v) is 3.13. The third-order valence-electron chi connectivity index (χ3n) is 1.71. The molecule has 1 atom stereocenters. The third-order valence-corrected chi connectivity index (χ3v) is 1.89. The first-order valence-electron chi connectivity index (χ1n) is 4.29. The van der Waals surface area contributed by atoms with E-state index >= 15 is 0 Å². The lowest BCUT2D eigenvalue weighted by Crippen LogP contribution is -2.14. The zero-order valence-corrected chi connectivity index (χ0v) is 8.78. The number of carbonyl (C=O) groups excluding carboxylic acids is 1. The molecule has 76 valence electrons. The van der Waals surface area contributed by atoms with E-state index in [0.29, 0.717) is 12.3 Å².